The Labute approximate surface area is 103 Å². The average Bonchev–Trinajstić information content (AvgIpc) is 2.34. The number of nitrogen functional groups attached to an aromatic ring is 1. The van der Waals surface area contributed by atoms with Crippen molar-refractivity contribution in [2.45, 2.75) is 51.9 Å². The molecule has 17 heavy (non-hydrogen) atoms. The van der Waals surface area contributed by atoms with Crippen LogP contribution in [0.2, 0.25) is 0 Å². The van der Waals surface area contributed by atoms with Crippen LogP contribution in [0, 0.1) is 0 Å². The van der Waals surface area contributed by atoms with Crippen molar-refractivity contribution < 1.29 is 4.79 Å². The first kappa shape index (κ1) is 13.7. The van der Waals surface area contributed by atoms with Gasteiger partial charge in [-0.05, 0) is 18.6 Å². The summed E-state index contributed by atoms with van der Waals surface area (Å²) in [6.07, 6.45) is 9.32. The first-order valence-electron chi connectivity index (χ1n) is 6.48. The van der Waals surface area contributed by atoms with Crippen molar-refractivity contribution in [2.24, 2.45) is 0 Å². The normalized spacial score (nSPS) is 10.4. The lowest BCUT2D eigenvalue weighted by Crippen LogP contribution is -2.02. The molecule has 0 amide bonds. The number of pyridine rings is 1. The summed E-state index contributed by atoms with van der Waals surface area (Å²) in [5, 5.41) is 0. The molecule has 0 unspecified atom stereocenters. The van der Waals surface area contributed by atoms with E-state index in [0.29, 0.717) is 17.8 Å². The van der Waals surface area contributed by atoms with E-state index in [2.05, 4.69) is 11.9 Å². The van der Waals surface area contributed by atoms with Crippen LogP contribution in [-0.2, 0) is 0 Å². The Morgan fingerprint density at radius 3 is 2.53 bits per heavy atom. The summed E-state index contributed by atoms with van der Waals surface area (Å²) in [4.78, 5) is 15.8. The third kappa shape index (κ3) is 5.48. The van der Waals surface area contributed by atoms with E-state index in [1.165, 1.54) is 31.9 Å². The summed E-state index contributed by atoms with van der Waals surface area (Å²) >= 11 is 0. The van der Waals surface area contributed by atoms with E-state index in [0.717, 1.165) is 12.8 Å². The van der Waals surface area contributed by atoms with Crippen LogP contribution in [0.4, 0.5) is 5.69 Å². The van der Waals surface area contributed by atoms with Gasteiger partial charge in [0.15, 0.2) is 5.78 Å². The second-order valence-electron chi connectivity index (χ2n) is 4.42. The van der Waals surface area contributed by atoms with Gasteiger partial charge in [-0.25, -0.2) is 0 Å². The van der Waals surface area contributed by atoms with Gasteiger partial charge in [0, 0.05) is 6.42 Å². The SMILES string of the molecule is CCCCCCCCC(=O)c1ccc(N)cn1. The van der Waals surface area contributed by atoms with Crippen LogP contribution in [0.5, 0.6) is 0 Å². The molecule has 3 nitrogen and oxygen atoms in total. The maximum absolute atomic E-state index is 11.7. The number of rotatable bonds is 8. The molecule has 0 bridgehead atoms. The predicted octanol–water partition coefficient (Wildman–Crippen LogP) is 3.60. The predicted molar refractivity (Wildman–Crippen MR) is 71.0 cm³/mol. The first-order valence-corrected chi connectivity index (χ1v) is 6.48. The molecule has 0 saturated heterocycles. The number of nitrogens with two attached hydrogens (primary N) is 1. The molecule has 0 aliphatic carbocycles. The summed E-state index contributed by atoms with van der Waals surface area (Å²) in [6.45, 7) is 2.20. The number of ketones is 1. The summed E-state index contributed by atoms with van der Waals surface area (Å²) < 4.78 is 0. The molecule has 1 rings (SSSR count). The molecule has 1 aromatic rings. The molecule has 0 radical (unpaired) electrons. The highest BCUT2D eigenvalue weighted by Crippen LogP contribution is 2.10. The Balaban J connectivity index is 2.19. The molecule has 0 spiro atoms. The molecular weight excluding hydrogens is 212 g/mol. The van der Waals surface area contributed by atoms with E-state index in [1.54, 1.807) is 12.1 Å². The van der Waals surface area contributed by atoms with Crippen LogP contribution in [-0.4, -0.2) is 10.8 Å². The molecule has 0 fully saturated rings. The van der Waals surface area contributed by atoms with Gasteiger partial charge in [-0.2, -0.15) is 0 Å². The summed E-state index contributed by atoms with van der Waals surface area (Å²) in [7, 11) is 0. The molecule has 1 aromatic heterocycles. The van der Waals surface area contributed by atoms with Crippen molar-refractivity contribution in [2.75, 3.05) is 5.73 Å². The average molecular weight is 234 g/mol. The quantitative estimate of drug-likeness (QED) is 0.552. The van der Waals surface area contributed by atoms with E-state index in [-0.39, 0.29) is 5.78 Å². The third-order valence-corrected chi connectivity index (χ3v) is 2.83. The lowest BCUT2D eigenvalue weighted by Gasteiger charge is -2.01. The lowest BCUT2D eigenvalue weighted by molar-refractivity contribution is 0.0974. The van der Waals surface area contributed by atoms with E-state index in [1.807, 2.05) is 0 Å². The molecule has 0 aliphatic rings. The van der Waals surface area contributed by atoms with Gasteiger partial charge in [-0.1, -0.05) is 39.0 Å². The van der Waals surface area contributed by atoms with Crippen molar-refractivity contribution in [3.05, 3.63) is 24.0 Å². The Morgan fingerprint density at radius 1 is 1.18 bits per heavy atom. The minimum absolute atomic E-state index is 0.125. The number of carbonyl (C=O) groups excluding carboxylic acids is 1. The Kier molecular flexibility index (Phi) is 6.30. The van der Waals surface area contributed by atoms with Crippen LogP contribution in [0.3, 0.4) is 0 Å². The van der Waals surface area contributed by atoms with E-state index in [9.17, 15) is 4.79 Å². The van der Waals surface area contributed by atoms with E-state index >= 15 is 0 Å². The van der Waals surface area contributed by atoms with Crippen LogP contribution in [0.1, 0.15) is 62.4 Å². The van der Waals surface area contributed by atoms with Crippen molar-refractivity contribution in [1.82, 2.24) is 4.98 Å². The number of aromatic nitrogens is 1. The molecule has 2 N–H and O–H groups in total. The van der Waals surface area contributed by atoms with Crippen LogP contribution < -0.4 is 5.73 Å². The maximum atomic E-state index is 11.7. The van der Waals surface area contributed by atoms with Gasteiger partial charge in [0.05, 0.1) is 11.9 Å². The smallest absolute Gasteiger partial charge is 0.181 e. The highest BCUT2D eigenvalue weighted by atomic mass is 16.1. The zero-order chi connectivity index (χ0) is 12.5. The topological polar surface area (TPSA) is 56.0 Å². The van der Waals surface area contributed by atoms with Crippen molar-refractivity contribution in [1.29, 1.82) is 0 Å². The summed E-state index contributed by atoms with van der Waals surface area (Å²) in [5.74, 6) is 0.125. The zero-order valence-corrected chi connectivity index (χ0v) is 10.6. The highest BCUT2D eigenvalue weighted by Gasteiger charge is 2.06. The molecule has 0 aliphatic heterocycles. The minimum atomic E-state index is 0.125. The molecule has 0 saturated carbocycles. The van der Waals surface area contributed by atoms with Gasteiger partial charge in [-0.15, -0.1) is 0 Å². The molecule has 3 heteroatoms. The van der Waals surface area contributed by atoms with Gasteiger partial charge < -0.3 is 5.73 Å². The van der Waals surface area contributed by atoms with Crippen molar-refractivity contribution >= 4 is 11.5 Å². The maximum Gasteiger partial charge on any atom is 0.181 e. The van der Waals surface area contributed by atoms with Crippen molar-refractivity contribution in [3.8, 4) is 0 Å². The second kappa shape index (κ2) is 7.82. The molecule has 94 valence electrons. The largest absolute Gasteiger partial charge is 0.397 e. The number of anilines is 1. The van der Waals surface area contributed by atoms with Crippen LogP contribution in [0.15, 0.2) is 18.3 Å². The number of Topliss-reactive ketones (excluding diaryl/α,β-unsaturated/α-hetero) is 1. The van der Waals surface area contributed by atoms with Crippen molar-refractivity contribution in [3.63, 3.8) is 0 Å². The number of hydrogen-bond acceptors (Lipinski definition) is 3. The van der Waals surface area contributed by atoms with Gasteiger partial charge in [0.25, 0.3) is 0 Å². The summed E-state index contributed by atoms with van der Waals surface area (Å²) in [6, 6.07) is 3.43. The van der Waals surface area contributed by atoms with Gasteiger partial charge >= 0.3 is 0 Å². The lowest BCUT2D eigenvalue weighted by atomic mass is 10.1. The number of nitrogens with zero attached hydrogens (tertiary/aromatic N) is 1. The molecular formula is C14H22N2O. The van der Waals surface area contributed by atoms with E-state index < -0.39 is 0 Å². The fraction of sp³-hybridized carbons (Fsp3) is 0.571. The fourth-order valence-corrected chi connectivity index (χ4v) is 1.76. The molecule has 0 aromatic carbocycles. The third-order valence-electron chi connectivity index (χ3n) is 2.83. The van der Waals surface area contributed by atoms with E-state index in [4.69, 9.17) is 5.73 Å². The highest BCUT2D eigenvalue weighted by molar-refractivity contribution is 5.94. The Morgan fingerprint density at radius 2 is 1.88 bits per heavy atom. The molecule has 1 heterocycles. The zero-order valence-electron chi connectivity index (χ0n) is 10.6. The Bertz CT molecular complexity index is 333. The monoisotopic (exact) mass is 234 g/mol. The van der Waals surface area contributed by atoms with Gasteiger partial charge in [0.2, 0.25) is 0 Å². The fourth-order valence-electron chi connectivity index (χ4n) is 1.76. The Hall–Kier alpha value is -1.38. The van der Waals surface area contributed by atoms with Gasteiger partial charge in [0.1, 0.15) is 5.69 Å². The van der Waals surface area contributed by atoms with Gasteiger partial charge in [-0.3, -0.25) is 9.78 Å². The standard InChI is InChI=1S/C14H22N2O/c1-2-3-4-5-6-7-8-14(17)13-10-9-12(15)11-16-13/h9-11H,2-8,15H2,1H3. The first-order chi connectivity index (χ1) is 8.24. The molecule has 0 atom stereocenters. The number of unbranched alkanes of at least 4 members (excludes halogenated alkanes) is 5. The van der Waals surface area contributed by atoms with Crippen LogP contribution >= 0.6 is 0 Å². The second-order valence-corrected chi connectivity index (χ2v) is 4.42. The number of carbonyl (C=O) groups is 1. The number of hydrogen-bond donors (Lipinski definition) is 1. The summed E-state index contributed by atoms with van der Waals surface area (Å²) in [5.41, 5.74) is 6.65. The minimum Gasteiger partial charge on any atom is -0.397 e. The van der Waals surface area contributed by atoms with Crippen LogP contribution in [0.25, 0.3) is 0 Å².